The highest BCUT2D eigenvalue weighted by molar-refractivity contribution is 6.06. The minimum atomic E-state index is -4.50. The van der Waals surface area contributed by atoms with Gasteiger partial charge in [-0.15, -0.1) is 0 Å². The van der Waals surface area contributed by atoms with Crippen LogP contribution in [0.1, 0.15) is 12.0 Å². The predicted octanol–water partition coefficient (Wildman–Crippen LogP) is 1.14. The summed E-state index contributed by atoms with van der Waals surface area (Å²) in [6.45, 7) is 2.93. The first-order chi connectivity index (χ1) is 12.7. The molecule has 0 radical (unpaired) electrons. The van der Waals surface area contributed by atoms with Crippen molar-refractivity contribution in [2.45, 2.75) is 18.6 Å². The maximum atomic E-state index is 12.8. The molecule has 2 aliphatic rings. The first-order valence-electron chi connectivity index (χ1n) is 8.51. The van der Waals surface area contributed by atoms with Crippen LogP contribution in [0.3, 0.4) is 0 Å². The Labute approximate surface area is 154 Å². The van der Waals surface area contributed by atoms with Crippen molar-refractivity contribution in [1.82, 2.24) is 15.1 Å². The van der Waals surface area contributed by atoms with Crippen LogP contribution in [-0.2, 0) is 15.8 Å². The van der Waals surface area contributed by atoms with Crippen LogP contribution in [0.5, 0.6) is 0 Å². The van der Waals surface area contributed by atoms with Gasteiger partial charge in [-0.3, -0.25) is 14.9 Å². The number of carbonyl (C=O) groups is 2. The summed E-state index contributed by atoms with van der Waals surface area (Å²) >= 11 is 0. The summed E-state index contributed by atoms with van der Waals surface area (Å²) in [7, 11) is 1.99. The highest BCUT2D eigenvalue weighted by atomic mass is 19.4. The van der Waals surface area contributed by atoms with Crippen molar-refractivity contribution in [3.63, 3.8) is 0 Å². The zero-order valence-electron chi connectivity index (χ0n) is 14.7. The lowest BCUT2D eigenvalue weighted by Crippen LogP contribution is -2.55. The molecule has 146 valence electrons. The van der Waals surface area contributed by atoms with Crippen LogP contribution in [-0.4, -0.2) is 66.8 Å². The molecule has 2 N–H and O–H groups in total. The van der Waals surface area contributed by atoms with E-state index >= 15 is 0 Å². The first kappa shape index (κ1) is 19.2. The number of aliphatic imine (C=N–C) groups is 1. The number of alkyl halides is 3. The number of likely N-dealkylation sites (N-methyl/N-ethyl adjacent to an activating group) is 1. The Bertz CT molecular complexity index is 757. The topological polar surface area (TPSA) is 77.0 Å². The van der Waals surface area contributed by atoms with Crippen molar-refractivity contribution >= 4 is 23.5 Å². The highest BCUT2D eigenvalue weighted by Crippen LogP contribution is 2.30. The number of hydrogen-bond donors (Lipinski definition) is 2. The van der Waals surface area contributed by atoms with Gasteiger partial charge in [-0.25, -0.2) is 4.99 Å². The Morgan fingerprint density at radius 3 is 2.63 bits per heavy atom. The SMILES string of the molecule is CN1CCN(C2=N[C@@H](C(=O)Nc3cccc(C(F)(F)F)c3)CC(=O)N2)CC1. The molecule has 0 saturated carbocycles. The summed E-state index contributed by atoms with van der Waals surface area (Å²) in [6, 6.07) is 3.37. The Balaban J connectivity index is 1.72. The number of rotatable bonds is 2. The Morgan fingerprint density at radius 2 is 1.96 bits per heavy atom. The standard InChI is InChI=1S/C17H20F3N5O2/c1-24-5-7-25(8-6-24)16-22-13(10-14(26)23-16)15(27)21-12-4-2-3-11(9-12)17(18,19)20/h2-4,9,13H,5-8,10H2,1H3,(H,21,27)(H,22,23,26)/t13-/m1/s1. The number of carbonyl (C=O) groups excluding carboxylic acids is 2. The smallest absolute Gasteiger partial charge is 0.340 e. The normalized spacial score (nSPS) is 21.5. The van der Waals surface area contributed by atoms with Crippen LogP contribution in [0.2, 0.25) is 0 Å². The monoisotopic (exact) mass is 383 g/mol. The molecule has 0 bridgehead atoms. The van der Waals surface area contributed by atoms with Gasteiger partial charge < -0.3 is 15.1 Å². The first-order valence-corrected chi connectivity index (χ1v) is 8.51. The predicted molar refractivity (Wildman–Crippen MR) is 93.1 cm³/mol. The van der Waals surface area contributed by atoms with Crippen molar-refractivity contribution in [1.29, 1.82) is 0 Å². The second-order valence-corrected chi connectivity index (χ2v) is 6.58. The number of halogens is 3. The van der Waals surface area contributed by atoms with E-state index in [4.69, 9.17) is 0 Å². The van der Waals surface area contributed by atoms with E-state index in [9.17, 15) is 22.8 Å². The summed E-state index contributed by atoms with van der Waals surface area (Å²) < 4.78 is 38.4. The number of benzene rings is 1. The van der Waals surface area contributed by atoms with Crippen LogP contribution in [0, 0.1) is 0 Å². The lowest BCUT2D eigenvalue weighted by atomic mass is 10.1. The largest absolute Gasteiger partial charge is 0.416 e. The minimum Gasteiger partial charge on any atom is -0.340 e. The Morgan fingerprint density at radius 1 is 1.26 bits per heavy atom. The van der Waals surface area contributed by atoms with Crippen LogP contribution >= 0.6 is 0 Å². The third-order valence-electron chi connectivity index (χ3n) is 4.47. The molecule has 2 amide bonds. The third-order valence-corrected chi connectivity index (χ3v) is 4.47. The van der Waals surface area contributed by atoms with Gasteiger partial charge in [0.1, 0.15) is 6.04 Å². The van der Waals surface area contributed by atoms with Crippen LogP contribution in [0.4, 0.5) is 18.9 Å². The van der Waals surface area contributed by atoms with Crippen LogP contribution in [0.25, 0.3) is 0 Å². The molecule has 2 aliphatic heterocycles. The second kappa shape index (κ2) is 7.55. The summed E-state index contributed by atoms with van der Waals surface area (Å²) in [5.41, 5.74) is -0.847. The molecule has 1 fully saturated rings. The van der Waals surface area contributed by atoms with Crippen molar-refractivity contribution in [3.8, 4) is 0 Å². The van der Waals surface area contributed by atoms with Gasteiger partial charge in [0.15, 0.2) is 0 Å². The van der Waals surface area contributed by atoms with Crippen LogP contribution < -0.4 is 10.6 Å². The van der Waals surface area contributed by atoms with Crippen molar-refractivity contribution in [3.05, 3.63) is 29.8 Å². The number of nitrogens with one attached hydrogen (secondary N) is 2. The minimum absolute atomic E-state index is 0.0113. The summed E-state index contributed by atoms with van der Waals surface area (Å²) in [5.74, 6) is -0.623. The molecule has 0 aliphatic carbocycles. The number of hydrogen-bond acceptors (Lipinski definition) is 5. The summed E-state index contributed by atoms with van der Waals surface area (Å²) in [5, 5.41) is 5.09. The van der Waals surface area contributed by atoms with E-state index in [0.717, 1.165) is 25.2 Å². The van der Waals surface area contributed by atoms with Gasteiger partial charge >= 0.3 is 6.18 Å². The number of amides is 2. The molecule has 7 nitrogen and oxygen atoms in total. The van der Waals surface area contributed by atoms with Gasteiger partial charge in [-0.1, -0.05) is 6.07 Å². The molecule has 10 heteroatoms. The molecule has 1 aromatic carbocycles. The maximum absolute atomic E-state index is 12.8. The van der Waals surface area contributed by atoms with E-state index in [-0.39, 0.29) is 18.0 Å². The van der Waals surface area contributed by atoms with E-state index in [2.05, 4.69) is 20.5 Å². The molecule has 3 rings (SSSR count). The molecule has 0 unspecified atom stereocenters. The number of piperazine rings is 1. The van der Waals surface area contributed by atoms with Crippen molar-refractivity contribution in [2.75, 3.05) is 38.5 Å². The van der Waals surface area contributed by atoms with Gasteiger partial charge in [0, 0.05) is 31.9 Å². The third kappa shape index (κ3) is 4.76. The van der Waals surface area contributed by atoms with Crippen LogP contribution in [0.15, 0.2) is 29.3 Å². The quantitative estimate of drug-likeness (QED) is 0.803. The zero-order chi connectivity index (χ0) is 19.6. The molecule has 0 aromatic heterocycles. The second-order valence-electron chi connectivity index (χ2n) is 6.58. The molecule has 1 atom stereocenters. The Kier molecular flexibility index (Phi) is 5.36. The average Bonchev–Trinajstić information content (AvgIpc) is 2.61. The van der Waals surface area contributed by atoms with Gasteiger partial charge in [0.2, 0.25) is 17.8 Å². The fourth-order valence-electron chi connectivity index (χ4n) is 2.91. The van der Waals surface area contributed by atoms with Gasteiger partial charge in [0.05, 0.1) is 12.0 Å². The Hall–Kier alpha value is -2.62. The van der Waals surface area contributed by atoms with E-state index in [1.54, 1.807) is 0 Å². The molecule has 0 spiro atoms. The molecular weight excluding hydrogens is 363 g/mol. The number of guanidine groups is 1. The van der Waals surface area contributed by atoms with Crippen molar-refractivity contribution in [2.24, 2.45) is 4.99 Å². The van der Waals surface area contributed by atoms with E-state index in [1.807, 2.05) is 11.9 Å². The zero-order valence-corrected chi connectivity index (χ0v) is 14.7. The number of anilines is 1. The number of nitrogens with zero attached hydrogens (tertiary/aromatic N) is 3. The van der Waals surface area contributed by atoms with E-state index in [0.29, 0.717) is 19.0 Å². The summed E-state index contributed by atoms with van der Waals surface area (Å²) in [6.07, 6.45) is -4.65. The lowest BCUT2D eigenvalue weighted by molar-refractivity contribution is -0.137. The van der Waals surface area contributed by atoms with Crippen molar-refractivity contribution < 1.29 is 22.8 Å². The molecule has 2 heterocycles. The summed E-state index contributed by atoms with van der Waals surface area (Å²) in [4.78, 5) is 32.8. The molecule has 27 heavy (non-hydrogen) atoms. The average molecular weight is 383 g/mol. The fraction of sp³-hybridized carbons (Fsp3) is 0.471. The van der Waals surface area contributed by atoms with Gasteiger partial charge in [0.25, 0.3) is 0 Å². The maximum Gasteiger partial charge on any atom is 0.416 e. The lowest BCUT2D eigenvalue weighted by Gasteiger charge is -2.36. The molecule has 1 aromatic rings. The van der Waals surface area contributed by atoms with Gasteiger partial charge in [-0.05, 0) is 25.2 Å². The van der Waals surface area contributed by atoms with E-state index < -0.39 is 23.7 Å². The molecular formula is C17H20F3N5O2. The highest BCUT2D eigenvalue weighted by Gasteiger charge is 2.32. The van der Waals surface area contributed by atoms with Gasteiger partial charge in [-0.2, -0.15) is 13.2 Å². The van der Waals surface area contributed by atoms with E-state index in [1.165, 1.54) is 12.1 Å². The fourth-order valence-corrected chi connectivity index (χ4v) is 2.91. The molecule has 1 saturated heterocycles.